The number of H-pyrrole nitrogens is 1. The fraction of sp³-hybridized carbons (Fsp3) is 0.733. The van der Waals surface area contributed by atoms with Crippen LogP contribution in [0, 0.1) is 0 Å². The van der Waals surface area contributed by atoms with E-state index >= 15 is 0 Å². The summed E-state index contributed by atoms with van der Waals surface area (Å²) in [6.45, 7) is 6.94. The number of nitrogens with one attached hydrogen (secondary N) is 2. The van der Waals surface area contributed by atoms with Crippen LogP contribution in [0.5, 0.6) is 0 Å². The number of piperidine rings is 1. The molecule has 9 heteroatoms. The van der Waals surface area contributed by atoms with Crippen LogP contribution in [-0.2, 0) is 10.0 Å². The second kappa shape index (κ2) is 7.97. The van der Waals surface area contributed by atoms with E-state index in [1.54, 1.807) is 4.90 Å². The first-order chi connectivity index (χ1) is 11.2. The molecular formula is C15H25BrN4O3S. The van der Waals surface area contributed by atoms with E-state index in [1.165, 1.54) is 0 Å². The molecule has 0 radical (unpaired) electrons. The molecule has 0 unspecified atom stereocenters. The molecule has 136 valence electrons. The van der Waals surface area contributed by atoms with Crippen molar-refractivity contribution < 1.29 is 13.2 Å². The minimum atomic E-state index is -3.21. The molecule has 2 N–H and O–H groups in total. The van der Waals surface area contributed by atoms with Crippen molar-refractivity contribution in [2.45, 2.75) is 52.0 Å². The van der Waals surface area contributed by atoms with Crippen molar-refractivity contribution in [1.29, 1.82) is 0 Å². The van der Waals surface area contributed by atoms with E-state index in [4.69, 9.17) is 0 Å². The highest BCUT2D eigenvalue weighted by atomic mass is 79.9. The molecule has 24 heavy (non-hydrogen) atoms. The molecular weight excluding hydrogens is 396 g/mol. The molecule has 0 bridgehead atoms. The smallest absolute Gasteiger partial charge is 0.275 e. The van der Waals surface area contributed by atoms with Gasteiger partial charge >= 0.3 is 0 Å². The first kappa shape index (κ1) is 19.4. The summed E-state index contributed by atoms with van der Waals surface area (Å²) in [5.74, 6) is 0.261. The lowest BCUT2D eigenvalue weighted by Crippen LogP contribution is -2.47. The molecule has 1 saturated heterocycles. The minimum Gasteiger partial charge on any atom is -0.337 e. The predicted molar refractivity (Wildman–Crippen MR) is 96.5 cm³/mol. The van der Waals surface area contributed by atoms with Crippen molar-refractivity contribution in [3.63, 3.8) is 0 Å². The number of likely N-dealkylation sites (tertiary alicyclic amines) is 1. The van der Waals surface area contributed by atoms with Gasteiger partial charge in [-0.3, -0.25) is 9.89 Å². The summed E-state index contributed by atoms with van der Waals surface area (Å²) in [5.41, 5.74) is 1.30. The summed E-state index contributed by atoms with van der Waals surface area (Å²) in [7, 11) is -3.21. The summed E-state index contributed by atoms with van der Waals surface area (Å²) in [6.07, 6.45) is 1.83. The Morgan fingerprint density at radius 3 is 2.54 bits per heavy atom. The van der Waals surface area contributed by atoms with Gasteiger partial charge in [-0.05, 0) is 41.1 Å². The van der Waals surface area contributed by atoms with E-state index in [1.807, 2.05) is 20.8 Å². The second-order valence-electron chi connectivity index (χ2n) is 6.46. The lowest BCUT2D eigenvalue weighted by Gasteiger charge is -2.31. The molecule has 1 aromatic rings. The van der Waals surface area contributed by atoms with Crippen LogP contribution in [-0.4, -0.2) is 54.3 Å². The van der Waals surface area contributed by atoms with Gasteiger partial charge in [-0.1, -0.05) is 20.8 Å². The highest BCUT2D eigenvalue weighted by Gasteiger charge is 2.29. The van der Waals surface area contributed by atoms with Crippen LogP contribution in [0.2, 0.25) is 0 Å². The van der Waals surface area contributed by atoms with Crippen molar-refractivity contribution >= 4 is 31.9 Å². The molecule has 1 amide bonds. The molecule has 1 fully saturated rings. The molecule has 0 atom stereocenters. The Kier molecular flexibility index (Phi) is 6.44. The lowest BCUT2D eigenvalue weighted by atomic mass is 10.1. The van der Waals surface area contributed by atoms with Gasteiger partial charge in [0.2, 0.25) is 10.0 Å². The average molecular weight is 421 g/mol. The van der Waals surface area contributed by atoms with Crippen LogP contribution in [0.4, 0.5) is 0 Å². The summed E-state index contributed by atoms with van der Waals surface area (Å²) < 4.78 is 27.1. The Morgan fingerprint density at radius 2 is 2.04 bits per heavy atom. The van der Waals surface area contributed by atoms with E-state index < -0.39 is 10.0 Å². The highest BCUT2D eigenvalue weighted by molar-refractivity contribution is 9.10. The van der Waals surface area contributed by atoms with Gasteiger partial charge in [-0.15, -0.1) is 0 Å². The van der Waals surface area contributed by atoms with Crippen LogP contribution < -0.4 is 4.72 Å². The number of aromatic amines is 1. The minimum absolute atomic E-state index is 0.0977. The number of amides is 1. The van der Waals surface area contributed by atoms with E-state index in [0.717, 1.165) is 5.69 Å². The third-order valence-corrected chi connectivity index (χ3v) is 6.55. The van der Waals surface area contributed by atoms with Crippen molar-refractivity contribution in [3.8, 4) is 0 Å². The Balaban J connectivity index is 1.96. The topological polar surface area (TPSA) is 95.2 Å². The molecule has 0 aliphatic carbocycles. The van der Waals surface area contributed by atoms with Crippen LogP contribution >= 0.6 is 15.9 Å². The summed E-state index contributed by atoms with van der Waals surface area (Å²) in [5, 5.41) is 7.05. The number of halogens is 1. The molecule has 2 rings (SSSR count). The summed E-state index contributed by atoms with van der Waals surface area (Å²) in [4.78, 5) is 14.4. The number of carbonyl (C=O) groups excluding carboxylic acids is 1. The number of hydrogen-bond acceptors (Lipinski definition) is 4. The van der Waals surface area contributed by atoms with E-state index in [9.17, 15) is 13.2 Å². The molecule has 1 aromatic heterocycles. The fourth-order valence-electron chi connectivity index (χ4n) is 2.80. The Morgan fingerprint density at radius 1 is 1.42 bits per heavy atom. The largest absolute Gasteiger partial charge is 0.337 e. The third-order valence-electron chi connectivity index (χ3n) is 4.11. The normalized spacial score (nSPS) is 16.8. The van der Waals surface area contributed by atoms with Gasteiger partial charge in [-0.2, -0.15) is 5.10 Å². The average Bonchev–Trinajstić information content (AvgIpc) is 2.88. The Labute approximate surface area is 151 Å². The zero-order valence-electron chi connectivity index (χ0n) is 14.3. The van der Waals surface area contributed by atoms with Crippen LogP contribution in [0.3, 0.4) is 0 Å². The van der Waals surface area contributed by atoms with Gasteiger partial charge in [-0.25, -0.2) is 13.1 Å². The zero-order chi connectivity index (χ0) is 17.9. The maximum absolute atomic E-state index is 12.6. The molecule has 0 saturated carbocycles. The van der Waals surface area contributed by atoms with E-state index in [0.29, 0.717) is 42.5 Å². The quantitative estimate of drug-likeness (QED) is 0.737. The molecule has 1 aliphatic heterocycles. The van der Waals surface area contributed by atoms with Gasteiger partial charge in [0.15, 0.2) is 5.69 Å². The number of hydrogen-bond donors (Lipinski definition) is 2. The fourth-order valence-corrected chi connectivity index (χ4v) is 5.00. The van der Waals surface area contributed by atoms with Crippen molar-refractivity contribution in [3.05, 3.63) is 15.9 Å². The molecule has 2 heterocycles. The summed E-state index contributed by atoms with van der Waals surface area (Å²) in [6, 6.07) is -0.0977. The number of sulfonamides is 1. The van der Waals surface area contributed by atoms with Crippen molar-refractivity contribution in [2.75, 3.05) is 18.8 Å². The highest BCUT2D eigenvalue weighted by Crippen LogP contribution is 2.27. The standard InChI is InChI=1S/C15H25BrN4O3S/c1-4-9-24(22,23)19-11-5-7-20(8-6-11)15(21)14-12(16)13(10(2)3)17-18-14/h10-11,19H,4-9H2,1-3H3,(H,17,18). The Hall–Kier alpha value is -0.930. The summed E-state index contributed by atoms with van der Waals surface area (Å²) >= 11 is 3.46. The molecule has 0 spiro atoms. The molecule has 1 aliphatic rings. The second-order valence-corrected chi connectivity index (χ2v) is 9.12. The van der Waals surface area contributed by atoms with Crippen LogP contribution in [0.1, 0.15) is 62.1 Å². The van der Waals surface area contributed by atoms with Gasteiger partial charge in [0.05, 0.1) is 15.9 Å². The van der Waals surface area contributed by atoms with Crippen molar-refractivity contribution in [2.24, 2.45) is 0 Å². The van der Waals surface area contributed by atoms with E-state index in [-0.39, 0.29) is 23.6 Å². The number of rotatable bonds is 6. The first-order valence-corrected chi connectivity index (χ1v) is 10.7. The van der Waals surface area contributed by atoms with Gasteiger partial charge in [0.1, 0.15) is 0 Å². The number of carbonyl (C=O) groups is 1. The maximum atomic E-state index is 12.6. The lowest BCUT2D eigenvalue weighted by molar-refractivity contribution is 0.0704. The zero-order valence-corrected chi connectivity index (χ0v) is 16.7. The monoisotopic (exact) mass is 420 g/mol. The van der Waals surface area contributed by atoms with Gasteiger partial charge in [0.25, 0.3) is 5.91 Å². The number of nitrogens with zero attached hydrogens (tertiary/aromatic N) is 2. The first-order valence-electron chi connectivity index (χ1n) is 8.28. The van der Waals surface area contributed by atoms with Crippen LogP contribution in [0.25, 0.3) is 0 Å². The van der Waals surface area contributed by atoms with Crippen molar-refractivity contribution in [1.82, 2.24) is 19.8 Å². The van der Waals surface area contributed by atoms with Gasteiger partial charge < -0.3 is 4.90 Å². The molecule has 0 aromatic carbocycles. The van der Waals surface area contributed by atoms with E-state index in [2.05, 4.69) is 30.8 Å². The predicted octanol–water partition coefficient (Wildman–Crippen LogP) is 2.23. The molecule has 7 nitrogen and oxygen atoms in total. The maximum Gasteiger partial charge on any atom is 0.275 e. The van der Waals surface area contributed by atoms with Gasteiger partial charge in [0, 0.05) is 19.1 Å². The SMILES string of the molecule is CCCS(=O)(=O)NC1CCN(C(=O)c2n[nH]c(C(C)C)c2Br)CC1. The number of aromatic nitrogens is 2. The van der Waals surface area contributed by atoms with Crippen LogP contribution in [0.15, 0.2) is 4.47 Å². The third kappa shape index (κ3) is 4.58. The Bertz CT molecular complexity index is 679.